The van der Waals surface area contributed by atoms with Gasteiger partial charge >= 0.3 is 11.9 Å². The van der Waals surface area contributed by atoms with E-state index in [1.165, 1.54) is 11.3 Å². The monoisotopic (exact) mass is 313 g/mol. The van der Waals surface area contributed by atoms with Crippen LogP contribution in [0.25, 0.3) is 0 Å². The highest BCUT2D eigenvalue weighted by Crippen LogP contribution is 2.33. The van der Waals surface area contributed by atoms with Gasteiger partial charge in [-0.1, -0.05) is 0 Å². The standard InChI is InChI=1S/C14H19NO5S/c1-4-20-14(19)12-8(2)9(3)21-13(12)15-10(16)6-5-7-11(17)18/h4-7H2,1-3H3,(H,15,16)(H,17,18). The topological polar surface area (TPSA) is 92.7 Å². The summed E-state index contributed by atoms with van der Waals surface area (Å²) in [4.78, 5) is 35.1. The lowest BCUT2D eigenvalue weighted by molar-refractivity contribution is -0.137. The summed E-state index contributed by atoms with van der Waals surface area (Å²) in [6, 6.07) is 0. The maximum Gasteiger partial charge on any atom is 0.341 e. The number of anilines is 1. The van der Waals surface area contributed by atoms with E-state index in [4.69, 9.17) is 9.84 Å². The molecule has 0 spiro atoms. The third-order valence-corrected chi connectivity index (χ3v) is 4.03. The quantitative estimate of drug-likeness (QED) is 0.755. The molecule has 0 radical (unpaired) electrons. The minimum atomic E-state index is -0.933. The molecule has 0 aliphatic carbocycles. The van der Waals surface area contributed by atoms with Crippen molar-refractivity contribution in [2.45, 2.75) is 40.0 Å². The van der Waals surface area contributed by atoms with Crippen molar-refractivity contribution in [3.8, 4) is 0 Å². The van der Waals surface area contributed by atoms with Gasteiger partial charge in [0.05, 0.1) is 12.2 Å². The largest absolute Gasteiger partial charge is 0.481 e. The molecule has 7 heteroatoms. The lowest BCUT2D eigenvalue weighted by Crippen LogP contribution is -2.14. The maximum absolute atomic E-state index is 11.9. The lowest BCUT2D eigenvalue weighted by Gasteiger charge is -2.06. The van der Waals surface area contributed by atoms with E-state index in [1.54, 1.807) is 13.8 Å². The highest BCUT2D eigenvalue weighted by molar-refractivity contribution is 7.16. The molecule has 1 amide bonds. The van der Waals surface area contributed by atoms with Crippen LogP contribution in [-0.2, 0) is 14.3 Å². The number of nitrogens with one attached hydrogen (secondary N) is 1. The Morgan fingerprint density at radius 1 is 1.24 bits per heavy atom. The van der Waals surface area contributed by atoms with Gasteiger partial charge in [0.15, 0.2) is 0 Å². The molecule has 0 saturated carbocycles. The zero-order valence-corrected chi connectivity index (χ0v) is 13.1. The molecule has 1 aromatic heterocycles. The van der Waals surface area contributed by atoms with Crippen LogP contribution in [0.2, 0.25) is 0 Å². The molecule has 6 nitrogen and oxygen atoms in total. The van der Waals surface area contributed by atoms with E-state index in [-0.39, 0.29) is 31.8 Å². The summed E-state index contributed by atoms with van der Waals surface area (Å²) in [5.41, 5.74) is 1.17. The number of carbonyl (C=O) groups excluding carboxylic acids is 2. The fraction of sp³-hybridized carbons (Fsp3) is 0.500. The van der Waals surface area contributed by atoms with Gasteiger partial charge in [0.25, 0.3) is 0 Å². The zero-order chi connectivity index (χ0) is 16.0. The molecule has 0 aliphatic heterocycles. The van der Waals surface area contributed by atoms with E-state index >= 15 is 0 Å². The van der Waals surface area contributed by atoms with Crippen molar-refractivity contribution >= 4 is 34.2 Å². The van der Waals surface area contributed by atoms with E-state index in [1.807, 2.05) is 6.92 Å². The number of carboxylic acids is 1. The molecule has 1 rings (SSSR count). The average molecular weight is 313 g/mol. The van der Waals surface area contributed by atoms with Gasteiger partial charge < -0.3 is 15.2 Å². The molecule has 21 heavy (non-hydrogen) atoms. The summed E-state index contributed by atoms with van der Waals surface area (Å²) < 4.78 is 5.00. The average Bonchev–Trinajstić information content (AvgIpc) is 2.64. The van der Waals surface area contributed by atoms with Crippen LogP contribution in [0.1, 0.15) is 47.0 Å². The minimum Gasteiger partial charge on any atom is -0.481 e. The molecule has 0 atom stereocenters. The van der Waals surface area contributed by atoms with Crippen LogP contribution in [0.5, 0.6) is 0 Å². The third-order valence-electron chi connectivity index (χ3n) is 2.91. The Labute approximate surface area is 127 Å². The van der Waals surface area contributed by atoms with E-state index in [0.29, 0.717) is 10.6 Å². The third kappa shape index (κ3) is 4.86. The van der Waals surface area contributed by atoms with Gasteiger partial charge in [0.2, 0.25) is 5.91 Å². The smallest absolute Gasteiger partial charge is 0.341 e. The fourth-order valence-electron chi connectivity index (χ4n) is 1.75. The molecule has 1 heterocycles. The molecule has 0 unspecified atom stereocenters. The first kappa shape index (κ1) is 17.2. The molecule has 2 N–H and O–H groups in total. The zero-order valence-electron chi connectivity index (χ0n) is 12.3. The Balaban J connectivity index is 2.78. The highest BCUT2D eigenvalue weighted by Gasteiger charge is 2.21. The first-order valence-electron chi connectivity index (χ1n) is 6.65. The lowest BCUT2D eigenvalue weighted by atomic mass is 10.1. The van der Waals surface area contributed by atoms with Gasteiger partial charge in [0.1, 0.15) is 5.00 Å². The summed E-state index contributed by atoms with van der Waals surface area (Å²) in [6.45, 7) is 5.65. The first-order valence-corrected chi connectivity index (χ1v) is 7.47. The summed E-state index contributed by atoms with van der Waals surface area (Å²) in [6.07, 6.45) is 0.310. The van der Waals surface area contributed by atoms with Crippen molar-refractivity contribution in [3.63, 3.8) is 0 Å². The van der Waals surface area contributed by atoms with Crippen molar-refractivity contribution in [1.29, 1.82) is 0 Å². The number of hydrogen-bond acceptors (Lipinski definition) is 5. The second-order valence-electron chi connectivity index (χ2n) is 4.50. The molecular formula is C14H19NO5S. The number of aliphatic carboxylic acids is 1. The summed E-state index contributed by atoms with van der Waals surface area (Å²) in [7, 11) is 0. The molecule has 1 aromatic rings. The van der Waals surface area contributed by atoms with Crippen LogP contribution in [0.3, 0.4) is 0 Å². The fourth-order valence-corrected chi connectivity index (χ4v) is 2.82. The van der Waals surface area contributed by atoms with Crippen molar-refractivity contribution in [2.75, 3.05) is 11.9 Å². The number of rotatable bonds is 7. The molecule has 116 valence electrons. The number of amides is 1. The van der Waals surface area contributed by atoms with Crippen LogP contribution in [0, 0.1) is 13.8 Å². The molecule has 0 saturated heterocycles. The highest BCUT2D eigenvalue weighted by atomic mass is 32.1. The maximum atomic E-state index is 11.9. The first-order chi connectivity index (χ1) is 9.86. The van der Waals surface area contributed by atoms with Gasteiger partial charge in [-0.15, -0.1) is 11.3 Å². The second-order valence-corrected chi connectivity index (χ2v) is 5.73. The summed E-state index contributed by atoms with van der Waals surface area (Å²) in [5.74, 6) is -1.69. The van der Waals surface area contributed by atoms with Gasteiger partial charge in [0, 0.05) is 17.7 Å². The second kappa shape index (κ2) is 7.78. The Bertz CT molecular complexity index is 550. The van der Waals surface area contributed by atoms with Crippen molar-refractivity contribution < 1.29 is 24.2 Å². The van der Waals surface area contributed by atoms with Crippen LogP contribution < -0.4 is 5.32 Å². The van der Waals surface area contributed by atoms with Gasteiger partial charge in [-0.2, -0.15) is 0 Å². The van der Waals surface area contributed by atoms with Crippen LogP contribution in [-0.4, -0.2) is 29.6 Å². The number of thiophene rings is 1. The molecule has 0 aromatic carbocycles. The number of esters is 1. The Morgan fingerprint density at radius 2 is 1.90 bits per heavy atom. The number of carboxylic acid groups (broad SMARTS) is 1. The number of carbonyl (C=O) groups is 3. The Hall–Kier alpha value is -1.89. The van der Waals surface area contributed by atoms with Crippen molar-refractivity contribution in [1.82, 2.24) is 0 Å². The van der Waals surface area contributed by atoms with E-state index in [2.05, 4.69) is 5.32 Å². The number of hydrogen-bond donors (Lipinski definition) is 2. The predicted molar refractivity (Wildman–Crippen MR) is 79.9 cm³/mol. The van der Waals surface area contributed by atoms with E-state index in [9.17, 15) is 14.4 Å². The van der Waals surface area contributed by atoms with Crippen molar-refractivity contribution in [2.24, 2.45) is 0 Å². The van der Waals surface area contributed by atoms with Gasteiger partial charge in [-0.05, 0) is 32.8 Å². The SMILES string of the molecule is CCOC(=O)c1c(NC(=O)CCCC(=O)O)sc(C)c1C. The molecule has 0 fully saturated rings. The Kier molecular flexibility index (Phi) is 6.36. The number of ether oxygens (including phenoxy) is 1. The predicted octanol–water partition coefficient (Wildman–Crippen LogP) is 2.74. The number of aryl methyl sites for hydroxylation is 1. The van der Waals surface area contributed by atoms with Crippen LogP contribution in [0.15, 0.2) is 0 Å². The molecular weight excluding hydrogens is 294 g/mol. The van der Waals surface area contributed by atoms with E-state index < -0.39 is 11.9 Å². The van der Waals surface area contributed by atoms with Crippen LogP contribution in [0.4, 0.5) is 5.00 Å². The minimum absolute atomic E-state index is 0.0549. The molecule has 0 bridgehead atoms. The summed E-state index contributed by atoms with van der Waals surface area (Å²) in [5, 5.41) is 11.7. The van der Waals surface area contributed by atoms with Gasteiger partial charge in [-0.3, -0.25) is 9.59 Å². The summed E-state index contributed by atoms with van der Waals surface area (Å²) >= 11 is 1.31. The Morgan fingerprint density at radius 3 is 2.48 bits per heavy atom. The normalized spacial score (nSPS) is 10.2. The molecule has 0 aliphatic rings. The van der Waals surface area contributed by atoms with Crippen LogP contribution >= 0.6 is 11.3 Å². The van der Waals surface area contributed by atoms with Gasteiger partial charge in [-0.25, -0.2) is 4.79 Å². The van der Waals surface area contributed by atoms with E-state index in [0.717, 1.165) is 10.4 Å². The van der Waals surface area contributed by atoms with Crippen molar-refractivity contribution in [3.05, 3.63) is 16.0 Å².